The Labute approximate surface area is 186 Å². The first kappa shape index (κ1) is 26.5. The molecule has 0 bridgehead atoms. The van der Waals surface area contributed by atoms with E-state index in [1.54, 1.807) is 20.8 Å². The number of hydrogen-bond donors (Lipinski definition) is 2. The average Bonchev–Trinajstić information content (AvgIpc) is 2.72. The maximum absolute atomic E-state index is 13.1. The molecule has 1 aromatic rings. The fourth-order valence-corrected chi connectivity index (χ4v) is 3.16. The molecule has 174 valence electrons. The lowest BCUT2D eigenvalue weighted by molar-refractivity contribution is -0.140. The van der Waals surface area contributed by atoms with Crippen molar-refractivity contribution in [2.45, 2.75) is 78.9 Å². The quantitative estimate of drug-likeness (QED) is 0.517. The second kappa shape index (κ2) is 13.0. The average molecular weight is 434 g/mol. The predicted octanol–water partition coefficient (Wildman–Crippen LogP) is 3.97. The summed E-state index contributed by atoms with van der Waals surface area (Å²) in [5.41, 5.74) is 1.25. The second-order valence-corrected chi connectivity index (χ2v) is 8.53. The molecule has 1 atom stereocenters. The van der Waals surface area contributed by atoms with Gasteiger partial charge in [0.1, 0.15) is 18.2 Å². The zero-order valence-corrected chi connectivity index (χ0v) is 19.9. The van der Waals surface area contributed by atoms with Crippen LogP contribution in [0, 0.1) is 0 Å². The summed E-state index contributed by atoms with van der Waals surface area (Å²) in [6.45, 7) is 11.9. The Morgan fingerprint density at radius 1 is 1.00 bits per heavy atom. The van der Waals surface area contributed by atoms with Gasteiger partial charge in [-0.1, -0.05) is 51.0 Å². The van der Waals surface area contributed by atoms with Gasteiger partial charge in [-0.2, -0.15) is 0 Å². The van der Waals surface area contributed by atoms with Crippen molar-refractivity contribution in [1.82, 2.24) is 15.5 Å². The maximum atomic E-state index is 13.1. The number of benzene rings is 1. The highest BCUT2D eigenvalue weighted by atomic mass is 16.6. The Hall–Kier alpha value is -2.57. The Bertz CT molecular complexity index is 711. The second-order valence-electron chi connectivity index (χ2n) is 8.53. The molecule has 0 heterocycles. The molecule has 0 aliphatic heterocycles. The molecule has 0 fully saturated rings. The van der Waals surface area contributed by atoms with Gasteiger partial charge in [-0.15, -0.1) is 0 Å². The van der Waals surface area contributed by atoms with Gasteiger partial charge in [-0.05, 0) is 51.7 Å². The van der Waals surface area contributed by atoms with Crippen molar-refractivity contribution in [1.29, 1.82) is 0 Å². The summed E-state index contributed by atoms with van der Waals surface area (Å²) in [6, 6.07) is 6.98. The van der Waals surface area contributed by atoms with Crippen molar-refractivity contribution >= 4 is 17.9 Å². The number of alkyl carbamates (subject to hydrolysis) is 1. The van der Waals surface area contributed by atoms with E-state index in [2.05, 4.69) is 24.5 Å². The first-order valence-corrected chi connectivity index (χ1v) is 11.3. The molecule has 2 N–H and O–H groups in total. The number of likely N-dealkylation sites (N-methyl/N-ethyl adjacent to an activating group) is 1. The smallest absolute Gasteiger partial charge is 0.408 e. The molecular weight excluding hydrogens is 394 g/mol. The summed E-state index contributed by atoms with van der Waals surface area (Å²) in [4.78, 5) is 39.4. The van der Waals surface area contributed by atoms with Crippen LogP contribution >= 0.6 is 0 Å². The molecule has 0 spiro atoms. The summed E-state index contributed by atoms with van der Waals surface area (Å²) >= 11 is 0. The molecular formula is C24H39N3O4. The number of ether oxygens (including phenoxy) is 1. The third-order valence-corrected chi connectivity index (χ3v) is 4.79. The molecule has 0 saturated heterocycles. The topological polar surface area (TPSA) is 87.7 Å². The van der Waals surface area contributed by atoms with Crippen LogP contribution in [0.2, 0.25) is 0 Å². The van der Waals surface area contributed by atoms with Crippen LogP contribution in [0.3, 0.4) is 0 Å². The number of carbonyl (C=O) groups is 3. The number of aryl methyl sites for hydroxylation is 1. The normalized spacial score (nSPS) is 12.1. The molecule has 1 unspecified atom stereocenters. The highest BCUT2D eigenvalue weighted by molar-refractivity contribution is 5.90. The van der Waals surface area contributed by atoms with E-state index in [-0.39, 0.29) is 18.4 Å². The van der Waals surface area contributed by atoms with Crippen molar-refractivity contribution in [3.8, 4) is 0 Å². The molecule has 0 aromatic heterocycles. The van der Waals surface area contributed by atoms with Crippen LogP contribution in [0.4, 0.5) is 4.79 Å². The highest BCUT2D eigenvalue weighted by Gasteiger charge is 2.30. The molecule has 7 heteroatoms. The van der Waals surface area contributed by atoms with Crippen LogP contribution < -0.4 is 10.6 Å². The van der Waals surface area contributed by atoms with Crippen molar-refractivity contribution in [3.63, 3.8) is 0 Å². The molecule has 0 aliphatic rings. The molecule has 0 saturated carbocycles. The molecule has 3 amide bonds. The zero-order chi connectivity index (χ0) is 23.4. The van der Waals surface area contributed by atoms with E-state index in [0.29, 0.717) is 13.1 Å². The summed E-state index contributed by atoms with van der Waals surface area (Å²) in [5, 5.41) is 5.46. The van der Waals surface area contributed by atoms with E-state index in [1.807, 2.05) is 31.2 Å². The summed E-state index contributed by atoms with van der Waals surface area (Å²) in [5.74, 6) is -0.561. The Morgan fingerprint density at radius 2 is 1.65 bits per heavy atom. The van der Waals surface area contributed by atoms with Crippen molar-refractivity contribution in [2.75, 3.05) is 19.6 Å². The van der Waals surface area contributed by atoms with Gasteiger partial charge in [0.15, 0.2) is 0 Å². The summed E-state index contributed by atoms with van der Waals surface area (Å²) in [7, 11) is 0. The molecule has 31 heavy (non-hydrogen) atoms. The monoisotopic (exact) mass is 433 g/mol. The summed E-state index contributed by atoms with van der Waals surface area (Å²) < 4.78 is 5.20. The van der Waals surface area contributed by atoms with Crippen molar-refractivity contribution in [3.05, 3.63) is 35.4 Å². The standard InChI is InChI=1S/C24H39N3O4/c1-7-10-11-16-25-22(29)21(19-14-12-18(8-2)13-15-19)27(9-3)20(28)17-26-23(30)31-24(4,5)6/h12-15,21H,7-11,16-17H2,1-6H3,(H,25,29)(H,26,30). The Morgan fingerprint density at radius 3 is 2.16 bits per heavy atom. The lowest BCUT2D eigenvalue weighted by Crippen LogP contribution is -2.47. The largest absolute Gasteiger partial charge is 0.444 e. The van der Waals surface area contributed by atoms with Gasteiger partial charge in [-0.25, -0.2) is 4.79 Å². The van der Waals surface area contributed by atoms with Crippen molar-refractivity contribution < 1.29 is 19.1 Å². The highest BCUT2D eigenvalue weighted by Crippen LogP contribution is 2.22. The van der Waals surface area contributed by atoms with Gasteiger partial charge >= 0.3 is 6.09 Å². The molecule has 1 rings (SSSR count). The van der Waals surface area contributed by atoms with E-state index in [1.165, 1.54) is 4.90 Å². The Balaban J connectivity index is 2.99. The maximum Gasteiger partial charge on any atom is 0.408 e. The number of hydrogen-bond acceptors (Lipinski definition) is 4. The fraction of sp³-hybridized carbons (Fsp3) is 0.625. The van der Waals surface area contributed by atoms with E-state index >= 15 is 0 Å². The van der Waals surface area contributed by atoms with Gasteiger partial charge < -0.3 is 20.3 Å². The lowest BCUT2D eigenvalue weighted by Gasteiger charge is -2.31. The number of nitrogens with one attached hydrogen (secondary N) is 2. The van der Waals surface area contributed by atoms with Gasteiger partial charge in [0, 0.05) is 13.1 Å². The Kier molecular flexibility index (Phi) is 11.1. The van der Waals surface area contributed by atoms with E-state index in [4.69, 9.17) is 4.74 Å². The number of nitrogens with zero attached hydrogens (tertiary/aromatic N) is 1. The van der Waals surface area contributed by atoms with Crippen LogP contribution in [0.25, 0.3) is 0 Å². The first-order valence-electron chi connectivity index (χ1n) is 11.3. The molecule has 7 nitrogen and oxygen atoms in total. The van der Waals surface area contributed by atoms with Gasteiger partial charge in [-0.3, -0.25) is 9.59 Å². The minimum Gasteiger partial charge on any atom is -0.444 e. The minimum atomic E-state index is -0.759. The van der Waals surface area contributed by atoms with Crippen LogP contribution in [0.15, 0.2) is 24.3 Å². The third-order valence-electron chi connectivity index (χ3n) is 4.79. The van der Waals surface area contributed by atoms with E-state index in [9.17, 15) is 14.4 Å². The molecule has 0 radical (unpaired) electrons. The SMILES string of the molecule is CCCCCNC(=O)C(c1ccc(CC)cc1)N(CC)C(=O)CNC(=O)OC(C)(C)C. The molecule has 1 aromatic carbocycles. The number of carbonyl (C=O) groups excluding carboxylic acids is 3. The number of rotatable bonds is 11. The van der Waals surface area contributed by atoms with Crippen LogP contribution in [-0.4, -0.2) is 48.0 Å². The van der Waals surface area contributed by atoms with E-state index < -0.39 is 17.7 Å². The van der Waals surface area contributed by atoms with Crippen LogP contribution in [-0.2, 0) is 20.7 Å². The van der Waals surface area contributed by atoms with E-state index in [0.717, 1.165) is 36.8 Å². The van der Waals surface area contributed by atoms with Crippen LogP contribution in [0.1, 0.15) is 78.0 Å². The third kappa shape index (κ3) is 9.40. The predicted molar refractivity (Wildman–Crippen MR) is 123 cm³/mol. The fourth-order valence-electron chi connectivity index (χ4n) is 3.16. The minimum absolute atomic E-state index is 0.215. The first-order chi connectivity index (χ1) is 14.6. The molecule has 0 aliphatic carbocycles. The van der Waals surface area contributed by atoms with Crippen molar-refractivity contribution in [2.24, 2.45) is 0 Å². The van der Waals surface area contributed by atoms with Crippen LogP contribution in [0.5, 0.6) is 0 Å². The zero-order valence-electron chi connectivity index (χ0n) is 19.9. The van der Waals surface area contributed by atoms with Gasteiger partial charge in [0.25, 0.3) is 0 Å². The number of amides is 3. The van der Waals surface area contributed by atoms with Gasteiger partial charge in [0.2, 0.25) is 11.8 Å². The van der Waals surface area contributed by atoms with Gasteiger partial charge in [0.05, 0.1) is 0 Å². The summed E-state index contributed by atoms with van der Waals surface area (Å²) in [6.07, 6.45) is 3.22. The number of unbranched alkanes of at least 4 members (excludes halogenated alkanes) is 2. The lowest BCUT2D eigenvalue weighted by atomic mass is 10.0.